The van der Waals surface area contributed by atoms with Crippen molar-refractivity contribution in [3.8, 4) is 34.3 Å². The van der Waals surface area contributed by atoms with E-state index < -0.39 is 0 Å². The number of nitrogens with zero attached hydrogens (tertiary/aromatic N) is 3. The minimum atomic E-state index is 0.0285. The molecule has 8 N–H and O–H groups in total. The number of imidazole rings is 2. The van der Waals surface area contributed by atoms with Crippen molar-refractivity contribution in [1.29, 1.82) is 10.8 Å². The number of nitrogen functional groups attached to an aromatic ring is 2. The van der Waals surface area contributed by atoms with E-state index in [1.54, 1.807) is 12.1 Å². The number of nitrogens with two attached hydrogens (primary N) is 2. The third-order valence-electron chi connectivity index (χ3n) is 7.32. The van der Waals surface area contributed by atoms with Crippen LogP contribution >= 0.6 is 0 Å². The lowest BCUT2D eigenvalue weighted by atomic mass is 10.2. The van der Waals surface area contributed by atoms with E-state index in [-0.39, 0.29) is 11.7 Å². The van der Waals surface area contributed by atoms with E-state index in [0.717, 1.165) is 69.4 Å². The number of fused-ring (bicyclic) bond motifs is 2. The topological polar surface area (TPSA) is 179 Å². The maximum absolute atomic E-state index is 7.62. The Morgan fingerprint density at radius 2 is 1.07 bits per heavy atom. The van der Waals surface area contributed by atoms with E-state index in [1.807, 2.05) is 79.8 Å². The van der Waals surface area contributed by atoms with E-state index in [1.165, 1.54) is 0 Å². The Kier molecular flexibility index (Phi) is 7.94. The quantitative estimate of drug-likeness (QED) is 0.0884. The summed E-state index contributed by atoms with van der Waals surface area (Å²) in [6.07, 6.45) is 0. The first kappa shape index (κ1) is 28.4. The van der Waals surface area contributed by atoms with Gasteiger partial charge in [0.2, 0.25) is 0 Å². The van der Waals surface area contributed by atoms with Crippen molar-refractivity contribution in [2.45, 2.75) is 0 Å². The van der Waals surface area contributed by atoms with Gasteiger partial charge in [-0.3, -0.25) is 15.7 Å². The van der Waals surface area contributed by atoms with Crippen LogP contribution in [0.25, 0.3) is 44.8 Å². The SMILES string of the molecule is CN(CCOc1ccc(-c2nc3ccc(C(=N)N)cc3[nH]2)cc1)CCOc1ccc(-c2nc3ccc(C(=N)N)cc3[nH]2)cc1. The van der Waals surface area contributed by atoms with E-state index in [2.05, 4.69) is 24.8 Å². The van der Waals surface area contributed by atoms with Gasteiger partial charge in [0.05, 0.1) is 22.1 Å². The van der Waals surface area contributed by atoms with Crippen LogP contribution in [0, 0.1) is 10.8 Å². The first-order valence-corrected chi connectivity index (χ1v) is 14.2. The third kappa shape index (κ3) is 6.37. The molecule has 0 spiro atoms. The number of H-pyrrole nitrogens is 2. The molecule has 2 aromatic heterocycles. The molecule has 44 heavy (non-hydrogen) atoms. The number of hydrogen-bond donors (Lipinski definition) is 6. The lowest BCUT2D eigenvalue weighted by Gasteiger charge is -2.17. The minimum absolute atomic E-state index is 0.0285. The van der Waals surface area contributed by atoms with Crippen LogP contribution in [-0.4, -0.2) is 69.9 Å². The molecule has 0 aliphatic carbocycles. The predicted molar refractivity (Wildman–Crippen MR) is 174 cm³/mol. The maximum atomic E-state index is 7.62. The molecule has 222 valence electrons. The summed E-state index contributed by atoms with van der Waals surface area (Å²) in [4.78, 5) is 18.0. The van der Waals surface area contributed by atoms with Crippen LogP contribution in [0.15, 0.2) is 84.9 Å². The zero-order valence-electron chi connectivity index (χ0n) is 24.2. The molecular formula is C33H33N9O2. The van der Waals surface area contributed by atoms with Gasteiger partial charge in [0.15, 0.2) is 0 Å². The Morgan fingerprint density at radius 3 is 1.45 bits per heavy atom. The summed E-state index contributed by atoms with van der Waals surface area (Å²) in [5, 5.41) is 15.2. The molecule has 0 aliphatic rings. The van der Waals surface area contributed by atoms with Crippen molar-refractivity contribution < 1.29 is 9.47 Å². The molecule has 11 nitrogen and oxygen atoms in total. The molecule has 0 radical (unpaired) electrons. The third-order valence-corrected chi connectivity index (χ3v) is 7.32. The standard InChI is InChI=1S/C33H33N9O2/c1-42(14-16-43-24-8-2-20(3-9-24)32-38-26-12-6-22(30(34)35)18-28(26)40-32)15-17-44-25-10-4-21(5-11-25)33-39-27-13-7-23(31(36)37)19-29(27)41-33/h2-13,18-19H,14-17H2,1H3,(H3,34,35)(H3,36,37)(H,38,40)(H,39,41). The fourth-order valence-corrected chi connectivity index (χ4v) is 4.80. The van der Waals surface area contributed by atoms with E-state index in [0.29, 0.717) is 24.3 Å². The number of rotatable bonds is 12. The largest absolute Gasteiger partial charge is 0.492 e. The van der Waals surface area contributed by atoms with Crippen molar-refractivity contribution in [2.24, 2.45) is 11.5 Å². The van der Waals surface area contributed by atoms with Crippen LogP contribution in [-0.2, 0) is 0 Å². The summed E-state index contributed by atoms with van der Waals surface area (Å²) in [6, 6.07) is 26.6. The highest BCUT2D eigenvalue weighted by Crippen LogP contribution is 2.25. The minimum Gasteiger partial charge on any atom is -0.492 e. The maximum Gasteiger partial charge on any atom is 0.138 e. The molecule has 6 rings (SSSR count). The van der Waals surface area contributed by atoms with Gasteiger partial charge in [0, 0.05) is 35.3 Å². The summed E-state index contributed by atoms with van der Waals surface area (Å²) in [7, 11) is 2.04. The van der Waals surface area contributed by atoms with Crippen LogP contribution in [0.5, 0.6) is 11.5 Å². The Bertz CT molecular complexity index is 1800. The average Bonchev–Trinajstić information content (AvgIpc) is 3.65. The van der Waals surface area contributed by atoms with E-state index in [4.69, 9.17) is 31.8 Å². The molecule has 0 unspecified atom stereocenters. The molecule has 0 aliphatic heterocycles. The lowest BCUT2D eigenvalue weighted by Crippen LogP contribution is -2.28. The normalized spacial score (nSPS) is 11.3. The number of hydrogen-bond acceptors (Lipinski definition) is 7. The number of likely N-dealkylation sites (N-methyl/N-ethyl adjacent to an activating group) is 1. The number of amidine groups is 2. The van der Waals surface area contributed by atoms with Crippen molar-refractivity contribution in [3.63, 3.8) is 0 Å². The predicted octanol–water partition coefficient (Wildman–Crippen LogP) is 4.73. The molecule has 11 heteroatoms. The van der Waals surface area contributed by atoms with Gasteiger partial charge < -0.3 is 30.9 Å². The molecule has 0 bridgehead atoms. The number of ether oxygens (including phenoxy) is 2. The Hall–Kier alpha value is -5.68. The summed E-state index contributed by atoms with van der Waals surface area (Å²) in [5.74, 6) is 3.14. The molecular weight excluding hydrogens is 554 g/mol. The zero-order chi connectivity index (χ0) is 30.6. The highest BCUT2D eigenvalue weighted by molar-refractivity contribution is 5.99. The second kappa shape index (κ2) is 12.3. The van der Waals surface area contributed by atoms with Crippen LogP contribution in [0.2, 0.25) is 0 Å². The summed E-state index contributed by atoms with van der Waals surface area (Å²) >= 11 is 0. The first-order valence-electron chi connectivity index (χ1n) is 14.2. The van der Waals surface area contributed by atoms with Crippen LogP contribution in [0.4, 0.5) is 0 Å². The van der Waals surface area contributed by atoms with Gasteiger partial charge in [-0.15, -0.1) is 0 Å². The Morgan fingerprint density at radius 1 is 0.659 bits per heavy atom. The van der Waals surface area contributed by atoms with Gasteiger partial charge in [0.1, 0.15) is 48.0 Å². The van der Waals surface area contributed by atoms with Gasteiger partial charge >= 0.3 is 0 Å². The van der Waals surface area contributed by atoms with Crippen molar-refractivity contribution in [2.75, 3.05) is 33.4 Å². The van der Waals surface area contributed by atoms with Gasteiger partial charge in [-0.25, -0.2) is 9.97 Å². The smallest absolute Gasteiger partial charge is 0.138 e. The van der Waals surface area contributed by atoms with Crippen molar-refractivity contribution >= 4 is 33.7 Å². The van der Waals surface area contributed by atoms with E-state index >= 15 is 0 Å². The van der Waals surface area contributed by atoms with E-state index in [9.17, 15) is 0 Å². The second-order valence-corrected chi connectivity index (χ2v) is 10.5. The molecule has 4 aromatic carbocycles. The van der Waals surface area contributed by atoms with Gasteiger partial charge in [-0.1, -0.05) is 0 Å². The van der Waals surface area contributed by atoms with Gasteiger partial charge in [0.25, 0.3) is 0 Å². The van der Waals surface area contributed by atoms with Crippen molar-refractivity contribution in [1.82, 2.24) is 24.8 Å². The lowest BCUT2D eigenvalue weighted by molar-refractivity contribution is 0.202. The molecule has 6 aromatic rings. The fourth-order valence-electron chi connectivity index (χ4n) is 4.80. The number of benzene rings is 4. The first-order chi connectivity index (χ1) is 21.3. The number of aromatic nitrogens is 4. The summed E-state index contributed by atoms with van der Waals surface area (Å²) in [5.41, 5.74) is 17.7. The van der Waals surface area contributed by atoms with Crippen LogP contribution < -0.4 is 20.9 Å². The summed E-state index contributed by atoms with van der Waals surface area (Å²) in [6.45, 7) is 2.61. The highest BCUT2D eigenvalue weighted by Gasteiger charge is 2.09. The van der Waals surface area contributed by atoms with Gasteiger partial charge in [-0.05, 0) is 92.0 Å². The molecule has 0 saturated heterocycles. The van der Waals surface area contributed by atoms with Crippen LogP contribution in [0.1, 0.15) is 11.1 Å². The molecule has 0 amide bonds. The molecule has 2 heterocycles. The monoisotopic (exact) mass is 587 g/mol. The van der Waals surface area contributed by atoms with Crippen molar-refractivity contribution in [3.05, 3.63) is 96.1 Å². The van der Waals surface area contributed by atoms with Crippen LogP contribution in [0.3, 0.4) is 0 Å². The number of aromatic amines is 2. The highest BCUT2D eigenvalue weighted by atomic mass is 16.5. The van der Waals surface area contributed by atoms with Gasteiger partial charge in [-0.2, -0.15) is 0 Å². The Balaban J connectivity index is 0.943. The Labute approximate surface area is 253 Å². The molecule has 0 saturated carbocycles. The number of nitrogens with one attached hydrogen (secondary N) is 4. The molecule has 0 atom stereocenters. The fraction of sp³-hybridized carbons (Fsp3) is 0.152. The molecule has 0 fully saturated rings. The second-order valence-electron chi connectivity index (χ2n) is 10.5. The zero-order valence-corrected chi connectivity index (χ0v) is 24.2. The summed E-state index contributed by atoms with van der Waals surface area (Å²) < 4.78 is 11.9. The average molecular weight is 588 g/mol.